The molecule has 1 saturated heterocycles. The topological polar surface area (TPSA) is 102 Å². The number of unbranched alkanes of at least 4 members (excludes halogenated alkanes) is 23. The summed E-state index contributed by atoms with van der Waals surface area (Å²) in [5, 5.41) is 9.60. The summed E-state index contributed by atoms with van der Waals surface area (Å²) in [6.45, 7) is 9.24. The van der Waals surface area contributed by atoms with Gasteiger partial charge in [-0.3, -0.25) is 4.79 Å². The molecule has 1 aliphatic heterocycles. The van der Waals surface area contributed by atoms with Crippen molar-refractivity contribution in [2.24, 2.45) is 0 Å². The molecule has 318 valence electrons. The van der Waals surface area contributed by atoms with Crippen molar-refractivity contribution in [2.45, 2.75) is 251 Å². The summed E-state index contributed by atoms with van der Waals surface area (Å²) >= 11 is 0. The average molecular weight is 766 g/mol. The van der Waals surface area contributed by atoms with E-state index in [-0.39, 0.29) is 18.7 Å². The third-order valence-electron chi connectivity index (χ3n) is 11.1. The molecule has 1 rings (SSSR count). The number of aliphatic hydroxyl groups is 1. The Morgan fingerprint density at radius 3 is 1.37 bits per heavy atom. The predicted octanol–water partition coefficient (Wildman–Crippen LogP) is 12.0. The molecule has 0 aromatic carbocycles. The first-order valence-electron chi connectivity index (χ1n) is 23.4. The number of hydrogen-bond acceptors (Lipinski definition) is 8. The molecule has 8 heteroatoms. The van der Waals surface area contributed by atoms with Gasteiger partial charge in [0.15, 0.2) is 12.2 Å². The highest BCUT2D eigenvalue weighted by atomic mass is 16.6. The van der Waals surface area contributed by atoms with Crippen LogP contribution in [0.2, 0.25) is 0 Å². The number of esters is 3. The van der Waals surface area contributed by atoms with Crippen LogP contribution in [0.4, 0.5) is 0 Å². The van der Waals surface area contributed by atoms with Gasteiger partial charge >= 0.3 is 17.9 Å². The quantitative estimate of drug-likeness (QED) is 0.0374. The lowest BCUT2D eigenvalue weighted by molar-refractivity contribution is -0.196. The van der Waals surface area contributed by atoms with E-state index in [2.05, 4.69) is 25.7 Å². The number of aliphatic hydroxyl groups excluding tert-OH is 1. The number of nitrogens with zero attached hydrogens (tertiary/aromatic N) is 1. The summed E-state index contributed by atoms with van der Waals surface area (Å²) in [4.78, 5) is 40.1. The lowest BCUT2D eigenvalue weighted by Gasteiger charge is -2.28. The van der Waals surface area contributed by atoms with Gasteiger partial charge in [0.1, 0.15) is 6.10 Å². The highest BCUT2D eigenvalue weighted by molar-refractivity contribution is 5.87. The number of hydrogen-bond donors (Lipinski definition) is 1. The molecular weight excluding hydrogens is 679 g/mol. The van der Waals surface area contributed by atoms with Crippen LogP contribution in [0.1, 0.15) is 233 Å². The van der Waals surface area contributed by atoms with Crippen LogP contribution >= 0.6 is 0 Å². The minimum Gasteiger partial charge on any atom is -0.462 e. The number of carbonyl (C=O) groups excluding carboxylic acids is 3. The highest BCUT2D eigenvalue weighted by Crippen LogP contribution is 2.21. The van der Waals surface area contributed by atoms with Crippen LogP contribution in [-0.4, -0.2) is 72.5 Å². The van der Waals surface area contributed by atoms with Gasteiger partial charge in [-0.25, -0.2) is 9.59 Å². The second-order valence-corrected chi connectivity index (χ2v) is 16.3. The van der Waals surface area contributed by atoms with Gasteiger partial charge in [0.05, 0.1) is 6.61 Å². The van der Waals surface area contributed by atoms with Crippen molar-refractivity contribution in [3.63, 3.8) is 0 Å². The largest absolute Gasteiger partial charge is 0.462 e. The summed E-state index contributed by atoms with van der Waals surface area (Å²) in [5.41, 5.74) is 0. The average Bonchev–Trinajstić information content (AvgIpc) is 3.16. The molecule has 0 spiro atoms. The molecule has 2 atom stereocenters. The monoisotopic (exact) mass is 766 g/mol. The fourth-order valence-electron chi connectivity index (χ4n) is 7.61. The van der Waals surface area contributed by atoms with Crippen LogP contribution in [0, 0.1) is 0 Å². The van der Waals surface area contributed by atoms with Crippen LogP contribution in [0.3, 0.4) is 0 Å². The third-order valence-corrected chi connectivity index (χ3v) is 11.1. The van der Waals surface area contributed by atoms with Crippen molar-refractivity contribution >= 4 is 17.9 Å². The predicted molar refractivity (Wildman–Crippen MR) is 223 cm³/mol. The van der Waals surface area contributed by atoms with Crippen LogP contribution in [0.15, 0.2) is 0 Å². The zero-order chi connectivity index (χ0) is 39.3. The summed E-state index contributed by atoms with van der Waals surface area (Å²) in [6, 6.07) is 0. The van der Waals surface area contributed by atoms with Gasteiger partial charge in [0.25, 0.3) is 0 Å². The molecule has 0 saturated carbocycles. The Hall–Kier alpha value is -1.67. The van der Waals surface area contributed by atoms with Gasteiger partial charge in [-0.1, -0.05) is 156 Å². The minimum atomic E-state index is -0.799. The maximum absolute atomic E-state index is 12.7. The second-order valence-electron chi connectivity index (χ2n) is 16.3. The van der Waals surface area contributed by atoms with Crippen LogP contribution in [0.5, 0.6) is 0 Å². The maximum Gasteiger partial charge on any atom is 0.348 e. The summed E-state index contributed by atoms with van der Waals surface area (Å²) < 4.78 is 17.0. The normalized spacial score (nSPS) is 16.0. The molecule has 0 aliphatic carbocycles. The number of carbonyl (C=O) groups is 3. The third kappa shape index (κ3) is 28.7. The number of rotatable bonds is 40. The van der Waals surface area contributed by atoms with Gasteiger partial charge in [-0.15, -0.1) is 0 Å². The molecule has 8 nitrogen and oxygen atoms in total. The fourth-order valence-corrected chi connectivity index (χ4v) is 7.61. The molecule has 2 unspecified atom stereocenters. The van der Waals surface area contributed by atoms with Crippen LogP contribution < -0.4 is 0 Å². The first kappa shape index (κ1) is 50.3. The van der Waals surface area contributed by atoms with Gasteiger partial charge in [0.2, 0.25) is 0 Å². The zero-order valence-corrected chi connectivity index (χ0v) is 35.7. The molecule has 1 N–H and O–H groups in total. The van der Waals surface area contributed by atoms with Crippen molar-refractivity contribution in [1.29, 1.82) is 0 Å². The first-order chi connectivity index (χ1) is 26.4. The SMILES string of the molecule is CCCCCCCCCCCC1OC(=O)C(CCCCN(CCO)CCCCCCCC(=O)OC(CCCCCCCC)CCCCCCCC)OC1=O. The van der Waals surface area contributed by atoms with E-state index in [1.165, 1.54) is 103 Å². The summed E-state index contributed by atoms with van der Waals surface area (Å²) in [7, 11) is 0. The molecule has 0 amide bonds. The first-order valence-corrected chi connectivity index (χ1v) is 23.4. The summed E-state index contributed by atoms with van der Waals surface area (Å²) in [5.74, 6) is -0.817. The Bertz CT molecular complexity index is 867. The van der Waals surface area contributed by atoms with Gasteiger partial charge in [-0.05, 0) is 83.7 Å². The standard InChI is InChI=1S/C46H87NO7/c1-4-7-10-13-16-17-18-22-27-34-42-45(50)54-43(46(51)53-42)35-29-31-38-47(39-40-48)37-30-24-19-23-28-36-44(49)52-41(32-25-20-14-11-8-5-2)33-26-21-15-12-9-6-3/h41-43,48H,4-40H2,1-3H3. The van der Waals surface area contributed by atoms with E-state index in [1.54, 1.807) is 0 Å². The molecule has 54 heavy (non-hydrogen) atoms. The Morgan fingerprint density at radius 1 is 0.537 bits per heavy atom. The Labute approximate surface area is 333 Å². The van der Waals surface area contributed by atoms with Crippen molar-refractivity contribution in [1.82, 2.24) is 4.90 Å². The van der Waals surface area contributed by atoms with Gasteiger partial charge < -0.3 is 24.2 Å². The Morgan fingerprint density at radius 2 is 0.907 bits per heavy atom. The fraction of sp³-hybridized carbons (Fsp3) is 0.935. The molecule has 0 bridgehead atoms. The minimum absolute atomic E-state index is 0.0174. The zero-order valence-electron chi connectivity index (χ0n) is 35.7. The molecule has 0 aromatic heterocycles. The molecular formula is C46H87NO7. The Balaban J connectivity index is 2.19. The smallest absolute Gasteiger partial charge is 0.348 e. The van der Waals surface area contributed by atoms with E-state index in [1.807, 2.05) is 0 Å². The van der Waals surface area contributed by atoms with Crippen molar-refractivity contribution in [3.05, 3.63) is 0 Å². The maximum atomic E-state index is 12.7. The van der Waals surface area contributed by atoms with Crippen molar-refractivity contribution in [2.75, 3.05) is 26.2 Å². The van der Waals surface area contributed by atoms with E-state index in [9.17, 15) is 19.5 Å². The molecule has 0 radical (unpaired) electrons. The Kier molecular flexibility index (Phi) is 34.4. The van der Waals surface area contributed by atoms with E-state index in [4.69, 9.17) is 14.2 Å². The van der Waals surface area contributed by atoms with E-state index in [0.29, 0.717) is 25.8 Å². The lowest BCUT2D eigenvalue weighted by Crippen LogP contribution is -2.44. The molecule has 1 aliphatic rings. The van der Waals surface area contributed by atoms with E-state index in [0.717, 1.165) is 103 Å². The highest BCUT2D eigenvalue weighted by Gasteiger charge is 2.37. The number of cyclic esters (lactones) is 2. The molecule has 0 aromatic rings. The molecule has 1 fully saturated rings. The molecule has 1 heterocycles. The van der Waals surface area contributed by atoms with E-state index >= 15 is 0 Å². The van der Waals surface area contributed by atoms with Crippen LogP contribution in [0.25, 0.3) is 0 Å². The number of ether oxygens (including phenoxy) is 3. The van der Waals surface area contributed by atoms with Crippen molar-refractivity contribution in [3.8, 4) is 0 Å². The van der Waals surface area contributed by atoms with Crippen molar-refractivity contribution < 1.29 is 33.7 Å². The van der Waals surface area contributed by atoms with Gasteiger partial charge in [-0.2, -0.15) is 0 Å². The lowest BCUT2D eigenvalue weighted by atomic mass is 10.0. The summed E-state index contributed by atoms with van der Waals surface area (Å²) in [6.07, 6.45) is 34.9. The van der Waals surface area contributed by atoms with E-state index < -0.39 is 24.1 Å². The van der Waals surface area contributed by atoms with Gasteiger partial charge in [0, 0.05) is 13.0 Å². The second kappa shape index (κ2) is 36.9. The van der Waals surface area contributed by atoms with Crippen LogP contribution in [-0.2, 0) is 28.6 Å².